The molecule has 6 heteroatoms. The van der Waals surface area contributed by atoms with E-state index in [1.165, 1.54) is 0 Å². The molecule has 2 heterocycles. The molecule has 0 bridgehead atoms. The molecule has 0 atom stereocenters. The summed E-state index contributed by atoms with van der Waals surface area (Å²) in [7, 11) is 0. The Morgan fingerprint density at radius 1 is 1.25 bits per heavy atom. The van der Waals surface area contributed by atoms with Gasteiger partial charge in [0.05, 0.1) is 0 Å². The number of carbonyl (C=O) groups is 1. The van der Waals surface area contributed by atoms with Crippen LogP contribution in [0.2, 0.25) is 0 Å². The van der Waals surface area contributed by atoms with Crippen molar-refractivity contribution in [2.75, 3.05) is 5.32 Å². The molecule has 0 unspecified atom stereocenters. The Morgan fingerprint density at radius 3 is 2.88 bits per heavy atom. The SMILES string of the molecule is Cc1ccccc1NC(=O)Cn1cccc1-c1nnc(C2CC2)o1. The molecular weight excluding hydrogens is 304 g/mol. The van der Waals surface area contributed by atoms with Gasteiger partial charge in [0.2, 0.25) is 11.8 Å². The normalized spacial score (nSPS) is 13.9. The maximum Gasteiger partial charge on any atom is 0.264 e. The van der Waals surface area contributed by atoms with Crippen molar-refractivity contribution in [2.24, 2.45) is 0 Å². The highest BCUT2D eigenvalue weighted by atomic mass is 16.4. The van der Waals surface area contributed by atoms with Gasteiger partial charge in [0, 0.05) is 17.8 Å². The topological polar surface area (TPSA) is 73.0 Å². The van der Waals surface area contributed by atoms with E-state index in [1.54, 1.807) is 0 Å². The van der Waals surface area contributed by atoms with Crippen LogP contribution in [0, 0.1) is 6.92 Å². The fourth-order valence-corrected chi connectivity index (χ4v) is 2.64. The molecule has 6 nitrogen and oxygen atoms in total. The summed E-state index contributed by atoms with van der Waals surface area (Å²) in [5.41, 5.74) is 2.61. The van der Waals surface area contributed by atoms with Crippen molar-refractivity contribution in [3.8, 4) is 11.6 Å². The Labute approximate surface area is 139 Å². The van der Waals surface area contributed by atoms with Crippen LogP contribution in [0.4, 0.5) is 5.69 Å². The van der Waals surface area contributed by atoms with Crippen molar-refractivity contribution in [1.29, 1.82) is 0 Å². The summed E-state index contributed by atoms with van der Waals surface area (Å²) in [5, 5.41) is 11.2. The first-order valence-corrected chi connectivity index (χ1v) is 8.05. The van der Waals surface area contributed by atoms with E-state index in [2.05, 4.69) is 15.5 Å². The van der Waals surface area contributed by atoms with E-state index >= 15 is 0 Å². The van der Waals surface area contributed by atoms with Crippen LogP contribution in [-0.2, 0) is 11.3 Å². The molecule has 1 amide bonds. The van der Waals surface area contributed by atoms with E-state index in [1.807, 2.05) is 54.1 Å². The Bertz CT molecular complexity index is 877. The molecular formula is C18H18N4O2. The number of benzene rings is 1. The van der Waals surface area contributed by atoms with Crippen molar-refractivity contribution in [2.45, 2.75) is 32.2 Å². The third-order valence-electron chi connectivity index (χ3n) is 4.15. The van der Waals surface area contributed by atoms with Crippen LogP contribution in [0.5, 0.6) is 0 Å². The lowest BCUT2D eigenvalue weighted by atomic mass is 10.2. The number of hydrogen-bond acceptors (Lipinski definition) is 4. The van der Waals surface area contributed by atoms with Crippen LogP contribution in [0.1, 0.15) is 30.2 Å². The molecule has 24 heavy (non-hydrogen) atoms. The van der Waals surface area contributed by atoms with Gasteiger partial charge in [-0.1, -0.05) is 18.2 Å². The zero-order valence-corrected chi connectivity index (χ0v) is 13.4. The first-order chi connectivity index (χ1) is 11.7. The monoisotopic (exact) mass is 322 g/mol. The molecule has 122 valence electrons. The van der Waals surface area contributed by atoms with Gasteiger partial charge in [0.15, 0.2) is 0 Å². The number of para-hydroxylation sites is 1. The van der Waals surface area contributed by atoms with Crippen molar-refractivity contribution in [3.05, 3.63) is 54.0 Å². The highest BCUT2D eigenvalue weighted by Gasteiger charge is 2.29. The quantitative estimate of drug-likeness (QED) is 0.781. The van der Waals surface area contributed by atoms with E-state index in [-0.39, 0.29) is 12.5 Å². The molecule has 0 radical (unpaired) electrons. The first-order valence-electron chi connectivity index (χ1n) is 8.05. The number of hydrogen-bond donors (Lipinski definition) is 1. The summed E-state index contributed by atoms with van der Waals surface area (Å²) in [4.78, 5) is 12.3. The van der Waals surface area contributed by atoms with Crippen LogP contribution in [0.3, 0.4) is 0 Å². The number of rotatable bonds is 5. The highest BCUT2D eigenvalue weighted by Crippen LogP contribution is 2.39. The van der Waals surface area contributed by atoms with Gasteiger partial charge >= 0.3 is 0 Å². The third-order valence-corrected chi connectivity index (χ3v) is 4.15. The molecule has 3 aromatic rings. The van der Waals surface area contributed by atoms with Crippen LogP contribution >= 0.6 is 0 Å². The minimum Gasteiger partial charge on any atom is -0.419 e. The maximum atomic E-state index is 12.3. The molecule has 0 aliphatic heterocycles. The molecule has 1 N–H and O–H groups in total. The lowest BCUT2D eigenvalue weighted by Gasteiger charge is -2.10. The number of nitrogens with zero attached hydrogens (tertiary/aromatic N) is 3. The molecule has 1 aromatic carbocycles. The minimum atomic E-state index is -0.0938. The van der Waals surface area contributed by atoms with Gasteiger partial charge in [-0.15, -0.1) is 10.2 Å². The van der Waals surface area contributed by atoms with Gasteiger partial charge in [0.1, 0.15) is 12.2 Å². The molecule has 2 aromatic heterocycles. The second kappa shape index (κ2) is 5.96. The molecule has 1 aliphatic rings. The van der Waals surface area contributed by atoms with Crippen molar-refractivity contribution >= 4 is 11.6 Å². The predicted octanol–water partition coefficient (Wildman–Crippen LogP) is 3.36. The maximum absolute atomic E-state index is 12.3. The minimum absolute atomic E-state index is 0.0938. The van der Waals surface area contributed by atoms with E-state index in [0.29, 0.717) is 17.7 Å². The molecule has 1 fully saturated rings. The van der Waals surface area contributed by atoms with E-state index in [0.717, 1.165) is 29.8 Å². The van der Waals surface area contributed by atoms with Crippen molar-refractivity contribution < 1.29 is 9.21 Å². The van der Waals surface area contributed by atoms with Crippen molar-refractivity contribution in [1.82, 2.24) is 14.8 Å². The van der Waals surface area contributed by atoms with E-state index in [9.17, 15) is 4.79 Å². The Balaban J connectivity index is 1.50. The molecule has 0 saturated heterocycles. The average Bonchev–Trinajstić information content (AvgIpc) is 3.12. The lowest BCUT2D eigenvalue weighted by Crippen LogP contribution is -2.19. The number of aromatic nitrogens is 3. The number of anilines is 1. The van der Waals surface area contributed by atoms with Gasteiger partial charge in [0.25, 0.3) is 5.89 Å². The third kappa shape index (κ3) is 2.95. The zero-order valence-electron chi connectivity index (χ0n) is 13.4. The van der Waals surface area contributed by atoms with Gasteiger partial charge in [-0.3, -0.25) is 4.79 Å². The average molecular weight is 322 g/mol. The van der Waals surface area contributed by atoms with Gasteiger partial charge in [-0.2, -0.15) is 0 Å². The predicted molar refractivity (Wildman–Crippen MR) is 89.5 cm³/mol. The largest absolute Gasteiger partial charge is 0.419 e. The number of carbonyl (C=O) groups excluding carboxylic acids is 1. The summed E-state index contributed by atoms with van der Waals surface area (Å²) < 4.78 is 7.55. The van der Waals surface area contributed by atoms with Crippen LogP contribution in [0.15, 0.2) is 47.0 Å². The van der Waals surface area contributed by atoms with Gasteiger partial charge in [-0.05, 0) is 43.5 Å². The molecule has 1 aliphatic carbocycles. The summed E-state index contributed by atoms with van der Waals surface area (Å²) in [5.74, 6) is 1.48. The Hall–Kier alpha value is -2.89. The Morgan fingerprint density at radius 2 is 2.08 bits per heavy atom. The molecule has 4 rings (SSSR count). The fourth-order valence-electron chi connectivity index (χ4n) is 2.64. The van der Waals surface area contributed by atoms with Gasteiger partial charge in [-0.25, -0.2) is 0 Å². The van der Waals surface area contributed by atoms with Crippen LogP contribution < -0.4 is 5.32 Å². The summed E-state index contributed by atoms with van der Waals surface area (Å²) in [6.07, 6.45) is 4.07. The second-order valence-electron chi connectivity index (χ2n) is 6.10. The Kier molecular flexibility index (Phi) is 3.65. The van der Waals surface area contributed by atoms with E-state index in [4.69, 9.17) is 4.42 Å². The van der Waals surface area contributed by atoms with Crippen LogP contribution in [-0.4, -0.2) is 20.7 Å². The second-order valence-corrected chi connectivity index (χ2v) is 6.10. The van der Waals surface area contributed by atoms with Gasteiger partial charge < -0.3 is 14.3 Å². The number of aryl methyl sites for hydroxylation is 1. The summed E-state index contributed by atoms with van der Waals surface area (Å²) in [6, 6.07) is 11.5. The summed E-state index contributed by atoms with van der Waals surface area (Å²) >= 11 is 0. The standard InChI is InChI=1S/C18H18N4O2/c1-12-5-2-3-6-14(12)19-16(23)11-22-10-4-7-15(22)18-21-20-17(24-18)13-8-9-13/h2-7,10,13H,8-9,11H2,1H3,(H,19,23). The zero-order chi connectivity index (χ0) is 16.5. The smallest absolute Gasteiger partial charge is 0.264 e. The lowest BCUT2D eigenvalue weighted by molar-refractivity contribution is -0.116. The highest BCUT2D eigenvalue weighted by molar-refractivity contribution is 5.91. The fraction of sp³-hybridized carbons (Fsp3) is 0.278. The summed E-state index contributed by atoms with van der Waals surface area (Å²) in [6.45, 7) is 2.16. The number of nitrogens with one attached hydrogen (secondary N) is 1. The number of amides is 1. The van der Waals surface area contributed by atoms with Crippen LogP contribution in [0.25, 0.3) is 11.6 Å². The molecule has 0 spiro atoms. The van der Waals surface area contributed by atoms with E-state index < -0.39 is 0 Å². The van der Waals surface area contributed by atoms with Crippen molar-refractivity contribution in [3.63, 3.8) is 0 Å². The first kappa shape index (κ1) is 14.7. The molecule has 1 saturated carbocycles.